The first-order valence-corrected chi connectivity index (χ1v) is 5.03. The molecule has 2 aromatic rings. The molecular weight excluding hydrogens is 214 g/mol. The summed E-state index contributed by atoms with van der Waals surface area (Å²) in [6.45, 7) is 0. The zero-order valence-electron chi connectivity index (χ0n) is 9.34. The molecule has 2 rings (SSSR count). The smallest absolute Gasteiger partial charge is 0.137 e. The number of nitrogens with two attached hydrogens (primary N) is 1. The summed E-state index contributed by atoms with van der Waals surface area (Å²) in [4.78, 5) is 4.03. The number of aromatic nitrogens is 1. The molecule has 1 heterocycles. The minimum absolute atomic E-state index is 0.508. The van der Waals surface area contributed by atoms with E-state index >= 15 is 0 Å². The highest BCUT2D eigenvalue weighted by Gasteiger charge is 2.05. The van der Waals surface area contributed by atoms with Gasteiger partial charge in [-0.1, -0.05) is 6.07 Å². The van der Waals surface area contributed by atoms with E-state index in [9.17, 15) is 0 Å². The van der Waals surface area contributed by atoms with Gasteiger partial charge >= 0.3 is 0 Å². The lowest BCUT2D eigenvalue weighted by Gasteiger charge is -2.06. The quantitative estimate of drug-likeness (QED) is 0.850. The molecule has 4 heteroatoms. The summed E-state index contributed by atoms with van der Waals surface area (Å²) in [5, 5.41) is 8.89. The molecule has 0 radical (unpaired) electrons. The largest absolute Gasteiger partial charge is 0.495 e. The molecule has 0 spiro atoms. The van der Waals surface area contributed by atoms with Gasteiger partial charge in [-0.3, -0.25) is 4.98 Å². The summed E-state index contributed by atoms with van der Waals surface area (Å²) >= 11 is 0. The lowest BCUT2D eigenvalue weighted by molar-refractivity contribution is 0.413. The first-order chi connectivity index (χ1) is 8.24. The number of hydrogen-bond acceptors (Lipinski definition) is 4. The van der Waals surface area contributed by atoms with Crippen LogP contribution in [0.3, 0.4) is 0 Å². The maximum absolute atomic E-state index is 8.89. The average molecular weight is 225 g/mol. The van der Waals surface area contributed by atoms with Crippen molar-refractivity contribution < 1.29 is 4.74 Å². The van der Waals surface area contributed by atoms with Crippen LogP contribution in [0.1, 0.15) is 5.56 Å². The van der Waals surface area contributed by atoms with Crippen molar-refractivity contribution >= 4 is 5.69 Å². The normalized spacial score (nSPS) is 9.65. The molecule has 0 aliphatic carbocycles. The van der Waals surface area contributed by atoms with Gasteiger partial charge in [0.15, 0.2) is 0 Å². The summed E-state index contributed by atoms with van der Waals surface area (Å²) in [6, 6.07) is 9.26. The zero-order valence-corrected chi connectivity index (χ0v) is 9.34. The Morgan fingerprint density at radius 1 is 1.24 bits per heavy atom. The van der Waals surface area contributed by atoms with Crippen molar-refractivity contribution in [3.63, 3.8) is 0 Å². The number of hydrogen-bond donors (Lipinski definition) is 1. The van der Waals surface area contributed by atoms with Crippen molar-refractivity contribution in [2.45, 2.75) is 0 Å². The second kappa shape index (κ2) is 4.54. The monoisotopic (exact) mass is 225 g/mol. The molecule has 0 aliphatic rings. The molecule has 1 aromatic heterocycles. The van der Waals surface area contributed by atoms with Gasteiger partial charge in [0.05, 0.1) is 18.4 Å². The highest BCUT2D eigenvalue weighted by atomic mass is 16.5. The molecule has 0 saturated carbocycles. The first kappa shape index (κ1) is 11.0. The summed E-state index contributed by atoms with van der Waals surface area (Å²) in [5.41, 5.74) is 8.60. The van der Waals surface area contributed by atoms with Crippen molar-refractivity contribution in [1.29, 1.82) is 5.26 Å². The summed E-state index contributed by atoms with van der Waals surface area (Å²) in [6.07, 6.45) is 3.31. The van der Waals surface area contributed by atoms with E-state index in [0.717, 1.165) is 11.1 Å². The summed E-state index contributed by atoms with van der Waals surface area (Å²) in [7, 11) is 1.54. The molecule has 1 aromatic carbocycles. The second-order valence-corrected chi connectivity index (χ2v) is 3.53. The third-order valence-electron chi connectivity index (χ3n) is 2.41. The molecule has 0 saturated heterocycles. The standard InChI is InChI=1S/C13H11N3O/c1-17-13-5-9(2-3-10(13)6-14)11-4-12(15)8-16-7-11/h2-5,7-8H,15H2,1H3. The van der Waals surface area contributed by atoms with Gasteiger partial charge in [-0.05, 0) is 23.8 Å². The van der Waals surface area contributed by atoms with Gasteiger partial charge in [0.2, 0.25) is 0 Å². The Balaban J connectivity index is 2.51. The van der Waals surface area contributed by atoms with Crippen LogP contribution in [0.5, 0.6) is 5.75 Å². The van der Waals surface area contributed by atoms with Crippen molar-refractivity contribution in [3.05, 3.63) is 42.2 Å². The predicted octanol–water partition coefficient (Wildman–Crippen LogP) is 2.21. The molecular formula is C13H11N3O. The Bertz CT molecular complexity index is 587. The van der Waals surface area contributed by atoms with Crippen molar-refractivity contribution in [3.8, 4) is 22.9 Å². The van der Waals surface area contributed by atoms with E-state index in [1.54, 1.807) is 24.5 Å². The van der Waals surface area contributed by atoms with Gasteiger partial charge in [-0.2, -0.15) is 5.26 Å². The van der Waals surface area contributed by atoms with Crippen LogP contribution >= 0.6 is 0 Å². The number of benzene rings is 1. The van der Waals surface area contributed by atoms with Crippen LogP contribution in [0.2, 0.25) is 0 Å². The Kier molecular flexibility index (Phi) is 2.93. The number of pyridine rings is 1. The maximum Gasteiger partial charge on any atom is 0.137 e. The molecule has 0 amide bonds. The minimum atomic E-state index is 0.508. The Morgan fingerprint density at radius 2 is 2.06 bits per heavy atom. The van der Waals surface area contributed by atoms with E-state index in [0.29, 0.717) is 17.0 Å². The molecule has 0 aliphatic heterocycles. The zero-order chi connectivity index (χ0) is 12.3. The van der Waals surface area contributed by atoms with Crippen LogP contribution < -0.4 is 10.5 Å². The fourth-order valence-electron chi connectivity index (χ4n) is 1.58. The molecule has 0 unspecified atom stereocenters. The number of methoxy groups -OCH3 is 1. The van der Waals surface area contributed by atoms with Crippen LogP contribution in [0.4, 0.5) is 5.69 Å². The van der Waals surface area contributed by atoms with Gasteiger partial charge in [-0.15, -0.1) is 0 Å². The average Bonchev–Trinajstić information content (AvgIpc) is 2.38. The molecule has 17 heavy (non-hydrogen) atoms. The van der Waals surface area contributed by atoms with E-state index in [1.807, 2.05) is 12.1 Å². The number of ether oxygens (including phenoxy) is 1. The van der Waals surface area contributed by atoms with E-state index in [-0.39, 0.29) is 0 Å². The van der Waals surface area contributed by atoms with E-state index in [2.05, 4.69) is 11.1 Å². The molecule has 0 fully saturated rings. The number of anilines is 1. The van der Waals surface area contributed by atoms with Gasteiger partial charge in [0.1, 0.15) is 11.8 Å². The molecule has 2 N–H and O–H groups in total. The van der Waals surface area contributed by atoms with Crippen LogP contribution in [0.25, 0.3) is 11.1 Å². The van der Waals surface area contributed by atoms with Gasteiger partial charge < -0.3 is 10.5 Å². The highest BCUT2D eigenvalue weighted by molar-refractivity contribution is 5.69. The van der Waals surface area contributed by atoms with E-state index in [1.165, 1.54) is 7.11 Å². The highest BCUT2D eigenvalue weighted by Crippen LogP contribution is 2.27. The Labute approximate surface area is 99.3 Å². The van der Waals surface area contributed by atoms with Crippen molar-refractivity contribution in [2.75, 3.05) is 12.8 Å². The number of nitrogens with zero attached hydrogens (tertiary/aromatic N) is 2. The third-order valence-corrected chi connectivity index (χ3v) is 2.41. The van der Waals surface area contributed by atoms with Crippen LogP contribution in [-0.2, 0) is 0 Å². The van der Waals surface area contributed by atoms with Crippen LogP contribution in [0.15, 0.2) is 36.7 Å². The minimum Gasteiger partial charge on any atom is -0.495 e. The summed E-state index contributed by atoms with van der Waals surface area (Å²) in [5.74, 6) is 0.549. The maximum atomic E-state index is 8.89. The molecule has 0 bridgehead atoms. The SMILES string of the molecule is COc1cc(-c2cncc(N)c2)ccc1C#N. The van der Waals surface area contributed by atoms with Gasteiger partial charge in [0.25, 0.3) is 0 Å². The van der Waals surface area contributed by atoms with Crippen molar-refractivity contribution in [2.24, 2.45) is 0 Å². The topological polar surface area (TPSA) is 71.9 Å². The van der Waals surface area contributed by atoms with Crippen LogP contribution in [-0.4, -0.2) is 12.1 Å². The second-order valence-electron chi connectivity index (χ2n) is 3.53. The van der Waals surface area contributed by atoms with Gasteiger partial charge in [-0.25, -0.2) is 0 Å². The first-order valence-electron chi connectivity index (χ1n) is 5.03. The lowest BCUT2D eigenvalue weighted by Crippen LogP contribution is -1.91. The number of rotatable bonds is 2. The Morgan fingerprint density at radius 3 is 2.71 bits per heavy atom. The number of nitrogen functional groups attached to an aromatic ring is 1. The Hall–Kier alpha value is -2.54. The predicted molar refractivity (Wildman–Crippen MR) is 65.4 cm³/mol. The fourth-order valence-corrected chi connectivity index (χ4v) is 1.58. The third kappa shape index (κ3) is 2.18. The van der Waals surface area contributed by atoms with Crippen molar-refractivity contribution in [1.82, 2.24) is 4.98 Å². The molecule has 4 nitrogen and oxygen atoms in total. The molecule has 0 atom stereocenters. The number of nitriles is 1. The van der Waals surface area contributed by atoms with Crippen LogP contribution in [0, 0.1) is 11.3 Å². The molecule has 84 valence electrons. The van der Waals surface area contributed by atoms with E-state index in [4.69, 9.17) is 15.7 Å². The van der Waals surface area contributed by atoms with E-state index < -0.39 is 0 Å². The van der Waals surface area contributed by atoms with Gasteiger partial charge in [0, 0.05) is 18.0 Å². The summed E-state index contributed by atoms with van der Waals surface area (Å²) < 4.78 is 5.15. The lowest BCUT2D eigenvalue weighted by atomic mass is 10.0. The fraction of sp³-hybridized carbons (Fsp3) is 0.0769.